The zero-order valence-corrected chi connectivity index (χ0v) is 14.7. The van der Waals surface area contributed by atoms with Gasteiger partial charge >= 0.3 is 0 Å². The van der Waals surface area contributed by atoms with Crippen LogP contribution in [0.4, 0.5) is 5.69 Å². The maximum atomic E-state index is 12.3. The molecule has 24 heavy (non-hydrogen) atoms. The Morgan fingerprint density at radius 3 is 2.08 bits per heavy atom. The maximum absolute atomic E-state index is 12.3. The predicted molar refractivity (Wildman–Crippen MR) is 99.8 cm³/mol. The average molecular weight is 382 g/mol. The SMILES string of the molecule is Cc1ccc(Oc2ccc(NC(=O)c3ccccc3Br)cc2)cc1. The second-order valence-corrected chi connectivity index (χ2v) is 6.23. The number of hydrogen-bond donors (Lipinski definition) is 1. The van der Waals surface area contributed by atoms with E-state index in [1.54, 1.807) is 6.07 Å². The Hall–Kier alpha value is -2.59. The molecule has 0 fully saturated rings. The summed E-state index contributed by atoms with van der Waals surface area (Å²) < 4.78 is 6.54. The van der Waals surface area contributed by atoms with Crippen LogP contribution in [0.2, 0.25) is 0 Å². The molecule has 120 valence electrons. The number of amides is 1. The van der Waals surface area contributed by atoms with Crippen molar-refractivity contribution in [2.45, 2.75) is 6.92 Å². The quantitative estimate of drug-likeness (QED) is 0.619. The predicted octanol–water partition coefficient (Wildman–Crippen LogP) is 5.80. The molecule has 1 N–H and O–H groups in total. The maximum Gasteiger partial charge on any atom is 0.256 e. The lowest BCUT2D eigenvalue weighted by atomic mass is 10.2. The number of carbonyl (C=O) groups is 1. The minimum Gasteiger partial charge on any atom is -0.457 e. The summed E-state index contributed by atoms with van der Waals surface area (Å²) in [5, 5.41) is 2.87. The van der Waals surface area contributed by atoms with Crippen LogP contribution >= 0.6 is 15.9 Å². The van der Waals surface area contributed by atoms with Gasteiger partial charge in [0.1, 0.15) is 11.5 Å². The lowest BCUT2D eigenvalue weighted by molar-refractivity contribution is 0.102. The van der Waals surface area contributed by atoms with Crippen molar-refractivity contribution in [1.82, 2.24) is 0 Å². The van der Waals surface area contributed by atoms with Crippen molar-refractivity contribution in [3.8, 4) is 11.5 Å². The molecule has 0 aliphatic rings. The van der Waals surface area contributed by atoms with Gasteiger partial charge in [-0.05, 0) is 71.4 Å². The van der Waals surface area contributed by atoms with Crippen LogP contribution in [0.15, 0.2) is 77.3 Å². The standard InChI is InChI=1S/C20H16BrNO2/c1-14-6-10-16(11-7-14)24-17-12-8-15(9-13-17)22-20(23)18-4-2-3-5-19(18)21/h2-13H,1H3,(H,22,23). The van der Waals surface area contributed by atoms with Gasteiger partial charge in [0, 0.05) is 10.2 Å². The number of anilines is 1. The van der Waals surface area contributed by atoms with E-state index in [0.29, 0.717) is 11.3 Å². The Morgan fingerprint density at radius 1 is 0.875 bits per heavy atom. The molecule has 0 spiro atoms. The van der Waals surface area contributed by atoms with Crippen molar-refractivity contribution in [1.29, 1.82) is 0 Å². The van der Waals surface area contributed by atoms with Gasteiger partial charge in [-0.1, -0.05) is 29.8 Å². The fourth-order valence-corrected chi connectivity index (χ4v) is 2.66. The second-order valence-electron chi connectivity index (χ2n) is 5.37. The Labute approximate surface area is 149 Å². The molecule has 3 rings (SSSR count). The van der Waals surface area contributed by atoms with Gasteiger partial charge in [0.05, 0.1) is 5.56 Å². The van der Waals surface area contributed by atoms with Gasteiger partial charge in [0.2, 0.25) is 0 Å². The highest BCUT2D eigenvalue weighted by atomic mass is 79.9. The van der Waals surface area contributed by atoms with E-state index in [4.69, 9.17) is 4.74 Å². The average Bonchev–Trinajstić information content (AvgIpc) is 2.59. The summed E-state index contributed by atoms with van der Waals surface area (Å²) in [5.74, 6) is 1.35. The van der Waals surface area contributed by atoms with Crippen LogP contribution in [0.25, 0.3) is 0 Å². The molecular formula is C20H16BrNO2. The van der Waals surface area contributed by atoms with Crippen molar-refractivity contribution in [2.75, 3.05) is 5.32 Å². The molecule has 0 bridgehead atoms. The fourth-order valence-electron chi connectivity index (χ4n) is 2.19. The molecule has 3 aromatic rings. The van der Waals surface area contributed by atoms with Gasteiger partial charge in [0.25, 0.3) is 5.91 Å². The molecule has 0 aliphatic carbocycles. The summed E-state index contributed by atoms with van der Waals surface area (Å²) in [7, 11) is 0. The summed E-state index contributed by atoms with van der Waals surface area (Å²) in [6, 6.07) is 22.5. The van der Waals surface area contributed by atoms with E-state index in [1.807, 2.05) is 73.7 Å². The Balaban J connectivity index is 1.67. The Morgan fingerprint density at radius 2 is 1.46 bits per heavy atom. The zero-order chi connectivity index (χ0) is 16.9. The summed E-state index contributed by atoms with van der Waals surface area (Å²) in [4.78, 5) is 12.3. The first-order valence-corrected chi connectivity index (χ1v) is 8.31. The van der Waals surface area contributed by atoms with Gasteiger partial charge in [0.15, 0.2) is 0 Å². The zero-order valence-electron chi connectivity index (χ0n) is 13.1. The van der Waals surface area contributed by atoms with Crippen molar-refractivity contribution < 1.29 is 9.53 Å². The van der Waals surface area contributed by atoms with E-state index in [0.717, 1.165) is 16.0 Å². The number of nitrogens with one attached hydrogen (secondary N) is 1. The number of halogens is 1. The van der Waals surface area contributed by atoms with Gasteiger partial charge in [-0.3, -0.25) is 4.79 Å². The van der Waals surface area contributed by atoms with Crippen molar-refractivity contribution in [3.05, 3.63) is 88.4 Å². The fraction of sp³-hybridized carbons (Fsp3) is 0.0500. The van der Waals surface area contributed by atoms with Crippen LogP contribution in [0.1, 0.15) is 15.9 Å². The number of ether oxygens (including phenoxy) is 1. The first-order chi connectivity index (χ1) is 11.6. The first kappa shape index (κ1) is 16.3. The molecule has 0 aliphatic heterocycles. The minimum atomic E-state index is -0.158. The summed E-state index contributed by atoms with van der Waals surface area (Å²) in [6.45, 7) is 2.03. The second kappa shape index (κ2) is 7.32. The number of benzene rings is 3. The van der Waals surface area contributed by atoms with Crippen LogP contribution in [-0.4, -0.2) is 5.91 Å². The highest BCUT2D eigenvalue weighted by Crippen LogP contribution is 2.24. The molecule has 0 saturated carbocycles. The molecule has 3 aromatic carbocycles. The minimum absolute atomic E-state index is 0.158. The van der Waals surface area contributed by atoms with Gasteiger partial charge in [-0.2, -0.15) is 0 Å². The Bertz CT molecular complexity index is 842. The highest BCUT2D eigenvalue weighted by molar-refractivity contribution is 9.10. The molecule has 0 aromatic heterocycles. The van der Waals surface area contributed by atoms with Gasteiger partial charge in [-0.25, -0.2) is 0 Å². The summed E-state index contributed by atoms with van der Waals surface area (Å²) in [5.41, 5.74) is 2.50. The van der Waals surface area contributed by atoms with Crippen molar-refractivity contribution >= 4 is 27.5 Å². The normalized spacial score (nSPS) is 10.2. The van der Waals surface area contributed by atoms with Crippen molar-refractivity contribution in [3.63, 3.8) is 0 Å². The van der Waals surface area contributed by atoms with Crippen LogP contribution in [0.5, 0.6) is 11.5 Å². The third kappa shape index (κ3) is 4.03. The number of hydrogen-bond acceptors (Lipinski definition) is 2. The molecule has 4 heteroatoms. The van der Waals surface area contributed by atoms with E-state index in [1.165, 1.54) is 5.56 Å². The first-order valence-electron chi connectivity index (χ1n) is 7.52. The summed E-state index contributed by atoms with van der Waals surface area (Å²) in [6.07, 6.45) is 0. The molecule has 0 radical (unpaired) electrons. The van der Waals surface area contributed by atoms with E-state index < -0.39 is 0 Å². The van der Waals surface area contributed by atoms with Crippen LogP contribution in [0.3, 0.4) is 0 Å². The van der Waals surface area contributed by atoms with E-state index in [-0.39, 0.29) is 5.91 Å². The Kier molecular flexibility index (Phi) is 4.96. The molecular weight excluding hydrogens is 366 g/mol. The topological polar surface area (TPSA) is 38.3 Å². The van der Waals surface area contributed by atoms with Gasteiger partial charge < -0.3 is 10.1 Å². The molecule has 1 amide bonds. The molecule has 0 atom stereocenters. The van der Waals surface area contributed by atoms with Crippen LogP contribution in [-0.2, 0) is 0 Å². The summed E-state index contributed by atoms with van der Waals surface area (Å²) >= 11 is 3.38. The van der Waals surface area contributed by atoms with E-state index >= 15 is 0 Å². The molecule has 0 unspecified atom stereocenters. The van der Waals surface area contributed by atoms with Crippen LogP contribution in [0, 0.1) is 6.92 Å². The van der Waals surface area contributed by atoms with Crippen LogP contribution < -0.4 is 10.1 Å². The number of aryl methyl sites for hydroxylation is 1. The number of carbonyl (C=O) groups excluding carboxylic acids is 1. The monoisotopic (exact) mass is 381 g/mol. The largest absolute Gasteiger partial charge is 0.457 e. The lowest BCUT2D eigenvalue weighted by Gasteiger charge is -2.09. The molecule has 0 saturated heterocycles. The van der Waals surface area contributed by atoms with Crippen molar-refractivity contribution in [2.24, 2.45) is 0 Å². The number of rotatable bonds is 4. The highest BCUT2D eigenvalue weighted by Gasteiger charge is 2.09. The smallest absolute Gasteiger partial charge is 0.256 e. The van der Waals surface area contributed by atoms with E-state index in [9.17, 15) is 4.79 Å². The lowest BCUT2D eigenvalue weighted by Crippen LogP contribution is -2.12. The van der Waals surface area contributed by atoms with Gasteiger partial charge in [-0.15, -0.1) is 0 Å². The molecule has 0 heterocycles. The van der Waals surface area contributed by atoms with E-state index in [2.05, 4.69) is 21.2 Å². The third-order valence-electron chi connectivity index (χ3n) is 3.49. The molecule has 3 nitrogen and oxygen atoms in total. The third-order valence-corrected chi connectivity index (χ3v) is 4.18.